The summed E-state index contributed by atoms with van der Waals surface area (Å²) in [5, 5.41) is 8.12. The summed E-state index contributed by atoms with van der Waals surface area (Å²) >= 11 is 6.82. The zero-order chi connectivity index (χ0) is 34.5. The number of sulfone groups is 1. The summed E-state index contributed by atoms with van der Waals surface area (Å²) < 4.78 is 101. The Kier molecular flexibility index (Phi) is 7.25. The summed E-state index contributed by atoms with van der Waals surface area (Å²) in [7, 11) is -2.62. The van der Waals surface area contributed by atoms with Gasteiger partial charge in [-0.3, -0.25) is 0 Å². The smallest absolute Gasteiger partial charge is 0.472 e. The minimum absolute atomic E-state index is 0.00761. The molecule has 0 bridgehead atoms. The highest BCUT2D eigenvalue weighted by Gasteiger charge is 2.50. The van der Waals surface area contributed by atoms with Crippen molar-refractivity contribution in [3.63, 3.8) is 0 Å². The molecule has 17 heteroatoms. The van der Waals surface area contributed by atoms with Gasteiger partial charge in [0.05, 0.1) is 17.2 Å². The van der Waals surface area contributed by atoms with Gasteiger partial charge in [-0.1, -0.05) is 41.9 Å². The van der Waals surface area contributed by atoms with Crippen LogP contribution in [0.15, 0.2) is 47.8 Å². The minimum atomic E-state index is -5.08. The van der Waals surface area contributed by atoms with E-state index in [1.165, 1.54) is 17.8 Å². The van der Waals surface area contributed by atoms with Crippen LogP contribution in [0.5, 0.6) is 5.88 Å². The number of benzene rings is 2. The molecule has 1 aliphatic heterocycles. The highest BCUT2D eigenvalue weighted by Crippen LogP contribution is 2.57. The fourth-order valence-corrected chi connectivity index (χ4v) is 7.48. The quantitative estimate of drug-likeness (QED) is 0.127. The molecule has 11 nitrogen and oxygen atoms in total. The molecule has 0 amide bonds. The molecule has 2 aliphatic rings. The van der Waals surface area contributed by atoms with Gasteiger partial charge in [0.25, 0.3) is 5.16 Å². The van der Waals surface area contributed by atoms with Crippen molar-refractivity contribution in [2.24, 2.45) is 7.05 Å². The maximum atomic E-state index is 16.3. The SMILES string of the molecule is Cn1c2nc(S(C)(=O)=O)nc(OCc3ccccc3)c2c2c1c(-c1c(C3(F)CC3)c(Cl)cc3c1cnn3C1CCCCO1)nn2C(F)(F)F. The lowest BCUT2D eigenvalue weighted by molar-refractivity contribution is -0.208. The number of aromatic nitrogens is 7. The summed E-state index contributed by atoms with van der Waals surface area (Å²) in [6, 6.07) is 10.3. The first-order chi connectivity index (χ1) is 23.3. The van der Waals surface area contributed by atoms with E-state index in [0.717, 1.165) is 19.1 Å². The lowest BCUT2D eigenvalue weighted by Gasteiger charge is -2.24. The van der Waals surface area contributed by atoms with Crippen molar-refractivity contribution in [2.45, 2.75) is 62.1 Å². The van der Waals surface area contributed by atoms with Crippen LogP contribution >= 0.6 is 11.6 Å². The first-order valence-electron chi connectivity index (χ1n) is 15.5. The number of ether oxygens (including phenoxy) is 2. The normalized spacial score (nSPS) is 18.1. The Labute approximate surface area is 281 Å². The van der Waals surface area contributed by atoms with E-state index in [4.69, 9.17) is 21.1 Å². The summed E-state index contributed by atoms with van der Waals surface area (Å²) in [4.78, 5) is 8.29. The topological polar surface area (TPSA) is 119 Å². The van der Waals surface area contributed by atoms with Gasteiger partial charge >= 0.3 is 6.30 Å². The highest BCUT2D eigenvalue weighted by atomic mass is 35.5. The van der Waals surface area contributed by atoms with Crippen LogP contribution in [0.4, 0.5) is 17.6 Å². The molecule has 5 heterocycles. The summed E-state index contributed by atoms with van der Waals surface area (Å²) in [6.45, 7) is 0.376. The molecule has 1 aliphatic carbocycles. The number of hydrogen-bond acceptors (Lipinski definition) is 8. The predicted molar refractivity (Wildman–Crippen MR) is 172 cm³/mol. The van der Waals surface area contributed by atoms with Crippen LogP contribution in [0.3, 0.4) is 0 Å². The van der Waals surface area contributed by atoms with E-state index in [2.05, 4.69) is 20.2 Å². The molecule has 1 saturated heterocycles. The van der Waals surface area contributed by atoms with E-state index in [1.807, 2.05) is 0 Å². The third kappa shape index (κ3) is 5.22. The molecule has 0 N–H and O–H groups in total. The third-order valence-electron chi connectivity index (χ3n) is 9.03. The number of rotatable bonds is 7. The molecule has 1 atom stereocenters. The van der Waals surface area contributed by atoms with Crippen molar-refractivity contribution in [1.29, 1.82) is 0 Å². The maximum absolute atomic E-state index is 16.3. The molecule has 6 aromatic rings. The van der Waals surface area contributed by atoms with Crippen molar-refractivity contribution >= 4 is 54.4 Å². The molecular weight excluding hydrogens is 690 g/mol. The molecular formula is C32H28ClF4N7O4S. The Hall–Kier alpha value is -4.28. The molecule has 256 valence electrons. The van der Waals surface area contributed by atoms with Crippen molar-refractivity contribution in [2.75, 3.05) is 12.9 Å². The molecule has 49 heavy (non-hydrogen) atoms. The largest absolute Gasteiger partial charge is 0.505 e. The van der Waals surface area contributed by atoms with Gasteiger partial charge in [-0.05, 0) is 43.7 Å². The summed E-state index contributed by atoms with van der Waals surface area (Å²) in [6.07, 6.45) is -0.523. The maximum Gasteiger partial charge on any atom is 0.505 e. The minimum Gasteiger partial charge on any atom is -0.472 e. The van der Waals surface area contributed by atoms with Gasteiger partial charge in [0, 0.05) is 41.4 Å². The van der Waals surface area contributed by atoms with Gasteiger partial charge in [-0.15, -0.1) is 13.2 Å². The van der Waals surface area contributed by atoms with Crippen LogP contribution in [-0.4, -0.2) is 55.4 Å². The Morgan fingerprint density at radius 2 is 1.88 bits per heavy atom. The first kappa shape index (κ1) is 32.0. The van der Waals surface area contributed by atoms with E-state index in [-0.39, 0.29) is 68.4 Å². The van der Waals surface area contributed by atoms with Gasteiger partial charge in [0.15, 0.2) is 11.9 Å². The molecule has 0 spiro atoms. The second-order valence-electron chi connectivity index (χ2n) is 12.5. The van der Waals surface area contributed by atoms with E-state index in [9.17, 15) is 8.42 Å². The van der Waals surface area contributed by atoms with Crippen LogP contribution in [0.2, 0.25) is 5.02 Å². The molecule has 0 radical (unpaired) electrons. The van der Waals surface area contributed by atoms with Crippen LogP contribution in [0.1, 0.15) is 49.5 Å². The first-order valence-corrected chi connectivity index (χ1v) is 17.8. The number of nitrogens with zero attached hydrogens (tertiary/aromatic N) is 7. The fourth-order valence-electron chi connectivity index (χ4n) is 6.61. The van der Waals surface area contributed by atoms with Crippen LogP contribution in [0, 0.1) is 0 Å². The zero-order valence-corrected chi connectivity index (χ0v) is 27.7. The molecule has 1 unspecified atom stereocenters. The second kappa shape index (κ2) is 11.1. The number of fused-ring (bicyclic) bond motifs is 4. The lowest BCUT2D eigenvalue weighted by atomic mass is 9.95. The van der Waals surface area contributed by atoms with Crippen LogP contribution < -0.4 is 4.74 Å². The zero-order valence-electron chi connectivity index (χ0n) is 26.1. The Balaban J connectivity index is 1.46. The van der Waals surface area contributed by atoms with E-state index >= 15 is 17.6 Å². The fraction of sp³-hybridized carbons (Fsp3) is 0.375. The van der Waals surface area contributed by atoms with Crippen LogP contribution in [-0.2, 0) is 40.2 Å². The molecule has 1 saturated carbocycles. The third-order valence-corrected chi connectivity index (χ3v) is 10.2. The van der Waals surface area contributed by atoms with Gasteiger partial charge in [0.2, 0.25) is 15.7 Å². The molecule has 2 aromatic carbocycles. The monoisotopic (exact) mass is 717 g/mol. The van der Waals surface area contributed by atoms with Gasteiger partial charge in [0.1, 0.15) is 28.9 Å². The molecule has 8 rings (SSSR count). The summed E-state index contributed by atoms with van der Waals surface area (Å²) in [5.74, 6) is -0.389. The van der Waals surface area contributed by atoms with Gasteiger partial charge in [-0.25, -0.2) is 17.5 Å². The van der Waals surface area contributed by atoms with Gasteiger partial charge < -0.3 is 14.0 Å². The Morgan fingerprint density at radius 3 is 2.53 bits per heavy atom. The van der Waals surface area contributed by atoms with Crippen molar-refractivity contribution < 1.29 is 35.5 Å². The van der Waals surface area contributed by atoms with Gasteiger partial charge in [-0.2, -0.15) is 24.8 Å². The summed E-state index contributed by atoms with van der Waals surface area (Å²) in [5.41, 5.74) is -1.73. The standard InChI is InChI=1S/C32H28ClF4N7O4S/c1-42-27-25(22-18-15-38-43(21-10-6-7-13-47-21)20(18)14-19(33)24(22)31(34)11-12-31)41-44(32(35,36)37)26(27)23-28(42)39-30(49(2,45)46)40-29(23)48-16-17-8-4-3-5-9-17/h3-5,8-9,14-15,21H,6-7,10-13,16H2,1-2H3. The van der Waals surface area contributed by atoms with Crippen molar-refractivity contribution in [1.82, 2.24) is 34.1 Å². The average Bonchev–Trinajstić information content (AvgIpc) is 3.37. The van der Waals surface area contributed by atoms with Crippen molar-refractivity contribution in [3.05, 3.63) is 58.7 Å². The highest BCUT2D eigenvalue weighted by molar-refractivity contribution is 7.90. The Morgan fingerprint density at radius 1 is 1.12 bits per heavy atom. The predicted octanol–water partition coefficient (Wildman–Crippen LogP) is 7.10. The lowest BCUT2D eigenvalue weighted by Crippen LogP contribution is -2.19. The molecule has 4 aromatic heterocycles. The van der Waals surface area contributed by atoms with Crippen LogP contribution in [0.25, 0.3) is 44.2 Å². The molecule has 2 fully saturated rings. The average molecular weight is 718 g/mol. The second-order valence-corrected chi connectivity index (χ2v) is 14.8. The number of halogens is 5. The van der Waals surface area contributed by atoms with E-state index in [0.29, 0.717) is 29.5 Å². The van der Waals surface area contributed by atoms with Crippen molar-refractivity contribution in [3.8, 4) is 17.1 Å². The number of alkyl halides is 4. The van der Waals surface area contributed by atoms with E-state index in [1.54, 1.807) is 41.1 Å². The number of aryl methyl sites for hydroxylation is 1. The number of hydrogen-bond donors (Lipinski definition) is 0. The Bertz CT molecular complexity index is 2400. The van der Waals surface area contributed by atoms with E-state index < -0.39 is 38.7 Å².